The van der Waals surface area contributed by atoms with Crippen molar-refractivity contribution in [3.63, 3.8) is 0 Å². The Balaban J connectivity index is 0.000000366. The quantitative estimate of drug-likeness (QED) is 0.338. The minimum absolute atomic E-state index is 0.718. The minimum atomic E-state index is -6.09. The van der Waals surface area contributed by atoms with Gasteiger partial charge in [0.15, 0.2) is 27.8 Å². The molecule has 2 aromatic carbocycles. The lowest BCUT2D eigenvalue weighted by molar-refractivity contribution is -0.659. The van der Waals surface area contributed by atoms with Crippen molar-refractivity contribution in [2.45, 2.75) is 5.51 Å². The summed E-state index contributed by atoms with van der Waals surface area (Å²) in [6.07, 6.45) is 2.08. The molecule has 11 heteroatoms. The number of alkyl halides is 3. The predicted octanol–water partition coefficient (Wildman–Crippen LogP) is 3.41. The summed E-state index contributed by atoms with van der Waals surface area (Å²) in [4.78, 5) is 0. The fourth-order valence-electron chi connectivity index (χ4n) is 2.80. The number of methoxy groups -OCH3 is 3. The highest BCUT2D eigenvalue weighted by Gasteiger charge is 2.36. The van der Waals surface area contributed by atoms with Gasteiger partial charge in [-0.3, -0.25) is 0 Å². The molecule has 0 unspecified atom stereocenters. The predicted molar refractivity (Wildman–Crippen MR) is 106 cm³/mol. The first-order chi connectivity index (χ1) is 14.4. The third-order valence-electron chi connectivity index (χ3n) is 4.28. The van der Waals surface area contributed by atoms with Crippen LogP contribution in [0.2, 0.25) is 0 Å². The molecule has 0 bridgehead atoms. The maximum Gasteiger partial charge on any atom is 0.485 e. The van der Waals surface area contributed by atoms with Gasteiger partial charge in [-0.25, -0.2) is 13.0 Å². The molecule has 0 radical (unpaired) electrons. The molecule has 1 heterocycles. The zero-order valence-electron chi connectivity index (χ0n) is 17.1. The second kappa shape index (κ2) is 9.40. The van der Waals surface area contributed by atoms with E-state index in [0.29, 0.717) is 0 Å². The molecule has 3 aromatic rings. The molecule has 0 atom stereocenters. The van der Waals surface area contributed by atoms with Crippen molar-refractivity contribution >= 4 is 20.9 Å². The van der Waals surface area contributed by atoms with Crippen LogP contribution >= 0.6 is 0 Å². The Morgan fingerprint density at radius 2 is 1.48 bits per heavy atom. The van der Waals surface area contributed by atoms with Crippen molar-refractivity contribution in [2.75, 3.05) is 21.3 Å². The average Bonchev–Trinajstić information content (AvgIpc) is 2.71. The van der Waals surface area contributed by atoms with E-state index in [0.717, 1.165) is 39.3 Å². The van der Waals surface area contributed by atoms with Crippen LogP contribution in [0.1, 0.15) is 0 Å². The van der Waals surface area contributed by atoms with Crippen molar-refractivity contribution in [2.24, 2.45) is 7.05 Å². The van der Waals surface area contributed by atoms with E-state index < -0.39 is 15.6 Å². The Hall–Kier alpha value is -3.05. The maximum absolute atomic E-state index is 10.7. The highest BCUT2D eigenvalue weighted by molar-refractivity contribution is 7.86. The van der Waals surface area contributed by atoms with E-state index in [1.165, 1.54) is 0 Å². The summed E-state index contributed by atoms with van der Waals surface area (Å²) in [6.45, 7) is 0. The van der Waals surface area contributed by atoms with Gasteiger partial charge < -0.3 is 18.8 Å². The molecule has 0 N–H and O–H groups in total. The number of halogens is 3. The van der Waals surface area contributed by atoms with Crippen LogP contribution in [-0.2, 0) is 17.2 Å². The van der Waals surface area contributed by atoms with Gasteiger partial charge in [0.2, 0.25) is 5.69 Å². The molecule has 0 aliphatic carbocycles. The number of hydrogen-bond donors (Lipinski definition) is 0. The zero-order valence-corrected chi connectivity index (χ0v) is 17.9. The lowest BCUT2D eigenvalue weighted by Crippen LogP contribution is -2.30. The lowest BCUT2D eigenvalue weighted by Gasteiger charge is -2.10. The summed E-state index contributed by atoms with van der Waals surface area (Å²) < 4.78 is 77.2. The molecule has 3 rings (SSSR count). The highest BCUT2D eigenvalue weighted by Crippen LogP contribution is 2.33. The van der Waals surface area contributed by atoms with Crippen LogP contribution in [-0.4, -0.2) is 39.8 Å². The summed E-state index contributed by atoms with van der Waals surface area (Å²) in [5, 5.41) is 2.22. The van der Waals surface area contributed by atoms with Gasteiger partial charge in [-0.1, -0.05) is 12.1 Å². The fourth-order valence-corrected chi connectivity index (χ4v) is 2.80. The van der Waals surface area contributed by atoms with Crippen molar-refractivity contribution in [1.29, 1.82) is 0 Å². The molecule has 0 fully saturated rings. The van der Waals surface area contributed by atoms with E-state index >= 15 is 0 Å². The van der Waals surface area contributed by atoms with E-state index in [1.54, 1.807) is 21.3 Å². The van der Waals surface area contributed by atoms with Crippen LogP contribution in [0.3, 0.4) is 0 Å². The average molecular weight is 459 g/mol. The first kappa shape index (κ1) is 24.2. The van der Waals surface area contributed by atoms with Crippen LogP contribution in [0.15, 0.2) is 48.7 Å². The van der Waals surface area contributed by atoms with Crippen LogP contribution in [0, 0.1) is 0 Å². The maximum atomic E-state index is 10.7. The van der Waals surface area contributed by atoms with Gasteiger partial charge in [-0.2, -0.15) is 13.2 Å². The number of rotatable bonds is 4. The molecule has 7 nitrogen and oxygen atoms in total. The highest BCUT2D eigenvalue weighted by atomic mass is 32.2. The van der Waals surface area contributed by atoms with Gasteiger partial charge in [0, 0.05) is 6.07 Å². The molecule has 0 spiro atoms. The minimum Gasteiger partial charge on any atom is -0.741 e. The largest absolute Gasteiger partial charge is 0.741 e. The summed E-state index contributed by atoms with van der Waals surface area (Å²) in [6, 6.07) is 14.1. The van der Waals surface area contributed by atoms with Crippen molar-refractivity contribution in [1.82, 2.24) is 0 Å². The smallest absolute Gasteiger partial charge is 0.485 e. The number of pyridine rings is 1. The van der Waals surface area contributed by atoms with Gasteiger partial charge in [-0.05, 0) is 29.7 Å². The molecule has 168 valence electrons. The molecule has 0 saturated heterocycles. The van der Waals surface area contributed by atoms with Crippen LogP contribution in [0.5, 0.6) is 17.2 Å². The van der Waals surface area contributed by atoms with E-state index in [2.05, 4.69) is 22.9 Å². The normalized spacial score (nSPS) is 11.5. The monoisotopic (exact) mass is 459 g/mol. The third kappa shape index (κ3) is 5.56. The summed E-state index contributed by atoms with van der Waals surface area (Å²) in [5.41, 5.74) is -3.49. The summed E-state index contributed by atoms with van der Waals surface area (Å²) in [7, 11) is 0.911. The first-order valence-electron chi connectivity index (χ1n) is 8.64. The Labute approximate surface area is 177 Å². The molecule has 0 aliphatic heterocycles. The van der Waals surface area contributed by atoms with Crippen molar-refractivity contribution in [3.05, 3.63) is 48.7 Å². The number of nitrogens with zero attached hydrogens (tertiary/aromatic N) is 1. The zero-order chi connectivity index (χ0) is 23.4. The van der Waals surface area contributed by atoms with Crippen LogP contribution < -0.4 is 18.8 Å². The Kier molecular flexibility index (Phi) is 7.34. The standard InChI is InChI=1S/C19H20NO3.CHF3O3S/c1-20-12-15-13(6-5-7-17(15)21-2)10-16(20)14-8-9-18(22-3)19(11-14)23-4;2-1(3,4)8(5,6)7/h5-12H,1-4H3;(H,5,6,7)/q+1;/p-1. The lowest BCUT2D eigenvalue weighted by atomic mass is 10.1. The molecule has 0 amide bonds. The van der Waals surface area contributed by atoms with E-state index in [9.17, 15) is 13.2 Å². The molecule has 31 heavy (non-hydrogen) atoms. The fraction of sp³-hybridized carbons (Fsp3) is 0.250. The number of hydrogen-bond acceptors (Lipinski definition) is 6. The Morgan fingerprint density at radius 3 is 2.00 bits per heavy atom. The van der Waals surface area contributed by atoms with Crippen molar-refractivity contribution in [3.8, 4) is 28.5 Å². The van der Waals surface area contributed by atoms with E-state index in [4.69, 9.17) is 27.2 Å². The molecular weight excluding hydrogens is 439 g/mol. The molecule has 0 saturated carbocycles. The number of aryl methyl sites for hydroxylation is 1. The molecular formula is C20H20F3NO6S. The Bertz CT molecular complexity index is 1180. The number of ether oxygens (including phenoxy) is 3. The van der Waals surface area contributed by atoms with Gasteiger partial charge in [0.05, 0.1) is 32.3 Å². The SMILES string of the molecule is COc1ccc(-c2cc3cccc(OC)c3c[n+]2C)cc1OC.O=S(=O)([O-])C(F)(F)F. The summed E-state index contributed by atoms with van der Waals surface area (Å²) >= 11 is 0. The van der Waals surface area contributed by atoms with Crippen LogP contribution in [0.4, 0.5) is 13.2 Å². The number of aromatic nitrogens is 1. The van der Waals surface area contributed by atoms with Gasteiger partial charge in [0.1, 0.15) is 12.8 Å². The van der Waals surface area contributed by atoms with Gasteiger partial charge in [0.25, 0.3) is 0 Å². The van der Waals surface area contributed by atoms with Gasteiger partial charge >= 0.3 is 5.51 Å². The first-order valence-corrected chi connectivity index (χ1v) is 10.0. The summed E-state index contributed by atoms with van der Waals surface area (Å²) in [5.74, 6) is 2.31. The van der Waals surface area contributed by atoms with Crippen LogP contribution in [0.25, 0.3) is 22.0 Å². The van der Waals surface area contributed by atoms with Gasteiger partial charge in [-0.15, -0.1) is 0 Å². The third-order valence-corrected chi connectivity index (χ3v) is 4.84. The number of benzene rings is 2. The molecule has 1 aromatic heterocycles. The topological polar surface area (TPSA) is 88.8 Å². The van der Waals surface area contributed by atoms with Crippen molar-refractivity contribution < 1.29 is 44.9 Å². The Morgan fingerprint density at radius 1 is 0.903 bits per heavy atom. The second-order valence-corrected chi connectivity index (χ2v) is 7.57. The molecule has 0 aliphatic rings. The van der Waals surface area contributed by atoms with E-state index in [-0.39, 0.29) is 0 Å². The number of fused-ring (bicyclic) bond motifs is 1. The van der Waals surface area contributed by atoms with E-state index in [1.807, 2.05) is 37.4 Å². The second-order valence-electron chi connectivity index (χ2n) is 6.20.